The number of aryl methyl sites for hydroxylation is 3. The minimum atomic E-state index is -3.57. The van der Waals surface area contributed by atoms with Gasteiger partial charge >= 0.3 is 6.01 Å². The van der Waals surface area contributed by atoms with Gasteiger partial charge in [-0.05, 0) is 45.1 Å². The highest BCUT2D eigenvalue weighted by Crippen LogP contribution is 2.50. The van der Waals surface area contributed by atoms with Crippen molar-refractivity contribution in [2.45, 2.75) is 44.9 Å². The fourth-order valence-electron chi connectivity index (χ4n) is 4.50. The van der Waals surface area contributed by atoms with Crippen molar-refractivity contribution in [2.24, 2.45) is 11.3 Å². The molecular formula is C18H25N5O3S. The normalized spacial score (nSPS) is 25.7. The molecule has 0 radical (unpaired) electrons. The zero-order valence-electron chi connectivity index (χ0n) is 15.9. The van der Waals surface area contributed by atoms with Crippen LogP contribution in [0.15, 0.2) is 17.3 Å². The highest BCUT2D eigenvalue weighted by Gasteiger charge is 2.53. The molecule has 2 aromatic heterocycles. The summed E-state index contributed by atoms with van der Waals surface area (Å²) < 4.78 is 33.9. The van der Waals surface area contributed by atoms with E-state index < -0.39 is 10.0 Å². The molecule has 2 aromatic rings. The average molecular weight is 391 g/mol. The molecule has 1 saturated carbocycles. The van der Waals surface area contributed by atoms with Gasteiger partial charge < -0.3 is 4.74 Å². The van der Waals surface area contributed by atoms with Crippen LogP contribution in [0.4, 0.5) is 0 Å². The van der Waals surface area contributed by atoms with Crippen LogP contribution < -0.4 is 4.74 Å². The second-order valence-electron chi connectivity index (χ2n) is 7.84. The summed E-state index contributed by atoms with van der Waals surface area (Å²) in [5.74, 6) is 0.297. The number of hydrogen-bond acceptors (Lipinski definition) is 6. The molecule has 2 unspecified atom stereocenters. The van der Waals surface area contributed by atoms with E-state index in [-0.39, 0.29) is 5.41 Å². The van der Waals surface area contributed by atoms with Crippen LogP contribution in [0.1, 0.15) is 36.2 Å². The maximum absolute atomic E-state index is 13.2. The summed E-state index contributed by atoms with van der Waals surface area (Å²) in [6.45, 7) is 6.84. The Morgan fingerprint density at radius 2 is 2.04 bits per heavy atom. The Bertz CT molecular complexity index is 921. The van der Waals surface area contributed by atoms with E-state index in [9.17, 15) is 8.42 Å². The molecule has 27 heavy (non-hydrogen) atoms. The lowest BCUT2D eigenvalue weighted by Gasteiger charge is -2.28. The summed E-state index contributed by atoms with van der Waals surface area (Å²) in [6, 6.07) is 0.350. The first kappa shape index (κ1) is 18.4. The number of nitrogens with one attached hydrogen (secondary N) is 1. The molecule has 0 bridgehead atoms. The van der Waals surface area contributed by atoms with Gasteiger partial charge in [0, 0.05) is 30.9 Å². The third-order valence-electron chi connectivity index (χ3n) is 5.91. The van der Waals surface area contributed by atoms with Crippen molar-refractivity contribution < 1.29 is 13.2 Å². The van der Waals surface area contributed by atoms with Crippen LogP contribution in [0, 0.1) is 32.1 Å². The molecule has 0 aromatic carbocycles. The van der Waals surface area contributed by atoms with Gasteiger partial charge in [0.2, 0.25) is 10.0 Å². The summed E-state index contributed by atoms with van der Waals surface area (Å²) in [6.07, 6.45) is 6.52. The molecule has 0 amide bonds. The fourth-order valence-corrected chi connectivity index (χ4v) is 6.41. The summed E-state index contributed by atoms with van der Waals surface area (Å²) in [5, 5.41) is 6.83. The predicted octanol–water partition coefficient (Wildman–Crippen LogP) is 1.99. The number of ether oxygens (including phenoxy) is 1. The quantitative estimate of drug-likeness (QED) is 0.836. The van der Waals surface area contributed by atoms with E-state index >= 15 is 0 Å². The lowest BCUT2D eigenvalue weighted by atomic mass is 9.82. The summed E-state index contributed by atoms with van der Waals surface area (Å²) in [7, 11) is -3.57. The van der Waals surface area contributed by atoms with Crippen molar-refractivity contribution in [2.75, 3.05) is 19.7 Å². The standard InChI is InChI=1S/C18H25N5O3S/c1-12-7-19-17(20-8-12)26-11-18-6-4-5-15(18)9-23(10-18)27(24,25)16-13(2)21-22-14(16)3/h7-8,15H,4-6,9-11H2,1-3H3,(H,21,22). The van der Waals surface area contributed by atoms with E-state index in [1.54, 1.807) is 30.5 Å². The third kappa shape index (κ3) is 3.12. The van der Waals surface area contributed by atoms with E-state index in [0.29, 0.717) is 47.9 Å². The molecule has 1 N–H and O–H groups in total. The highest BCUT2D eigenvalue weighted by atomic mass is 32.2. The van der Waals surface area contributed by atoms with Gasteiger partial charge in [-0.25, -0.2) is 18.4 Å². The van der Waals surface area contributed by atoms with Crippen LogP contribution in [0.25, 0.3) is 0 Å². The van der Waals surface area contributed by atoms with Crippen molar-refractivity contribution in [1.82, 2.24) is 24.5 Å². The molecule has 1 saturated heterocycles. The Labute approximate surface area is 159 Å². The van der Waals surface area contributed by atoms with Crippen LogP contribution in [-0.2, 0) is 10.0 Å². The first-order valence-electron chi connectivity index (χ1n) is 9.25. The molecule has 0 spiro atoms. The number of fused-ring (bicyclic) bond motifs is 1. The van der Waals surface area contributed by atoms with Crippen molar-refractivity contribution in [1.29, 1.82) is 0 Å². The van der Waals surface area contributed by atoms with E-state index in [0.717, 1.165) is 24.8 Å². The second-order valence-corrected chi connectivity index (χ2v) is 9.72. The van der Waals surface area contributed by atoms with Gasteiger partial charge in [0.05, 0.1) is 18.0 Å². The maximum atomic E-state index is 13.2. The van der Waals surface area contributed by atoms with Gasteiger partial charge in [0.15, 0.2) is 0 Å². The van der Waals surface area contributed by atoms with Crippen molar-refractivity contribution in [3.63, 3.8) is 0 Å². The Kier molecular flexibility index (Phi) is 4.46. The lowest BCUT2D eigenvalue weighted by molar-refractivity contribution is 0.126. The SMILES string of the molecule is Cc1cnc(OCC23CCCC2CN(S(=O)(=O)c2c(C)n[nH]c2C)C3)nc1. The second kappa shape index (κ2) is 6.56. The molecule has 4 rings (SSSR count). The van der Waals surface area contributed by atoms with Crippen molar-refractivity contribution in [3.8, 4) is 6.01 Å². The zero-order chi connectivity index (χ0) is 19.2. The van der Waals surface area contributed by atoms with Gasteiger partial charge in [0.1, 0.15) is 4.90 Å². The Hall–Kier alpha value is -2.00. The number of aromatic nitrogens is 4. The largest absolute Gasteiger partial charge is 0.463 e. The molecule has 1 aliphatic carbocycles. The summed E-state index contributed by atoms with van der Waals surface area (Å²) in [4.78, 5) is 8.71. The van der Waals surface area contributed by atoms with E-state index in [1.165, 1.54) is 0 Å². The molecule has 2 aliphatic rings. The Morgan fingerprint density at radius 3 is 2.70 bits per heavy atom. The van der Waals surface area contributed by atoms with Gasteiger partial charge in [0.25, 0.3) is 0 Å². The monoisotopic (exact) mass is 391 g/mol. The van der Waals surface area contributed by atoms with Crippen LogP contribution in [0.2, 0.25) is 0 Å². The molecule has 2 fully saturated rings. The first-order chi connectivity index (χ1) is 12.8. The Balaban J connectivity index is 1.55. The van der Waals surface area contributed by atoms with Gasteiger partial charge in [-0.2, -0.15) is 9.40 Å². The number of hydrogen-bond donors (Lipinski definition) is 1. The molecule has 1 aliphatic heterocycles. The number of nitrogens with zero attached hydrogens (tertiary/aromatic N) is 4. The topological polar surface area (TPSA) is 101 Å². The first-order valence-corrected chi connectivity index (χ1v) is 10.7. The molecule has 2 atom stereocenters. The zero-order valence-corrected chi connectivity index (χ0v) is 16.7. The predicted molar refractivity (Wildman–Crippen MR) is 98.9 cm³/mol. The van der Waals surface area contributed by atoms with E-state index in [1.807, 2.05) is 6.92 Å². The molecular weight excluding hydrogens is 366 g/mol. The number of H-pyrrole nitrogens is 1. The van der Waals surface area contributed by atoms with Gasteiger partial charge in [-0.3, -0.25) is 5.10 Å². The maximum Gasteiger partial charge on any atom is 0.316 e. The van der Waals surface area contributed by atoms with Crippen molar-refractivity contribution in [3.05, 3.63) is 29.3 Å². The van der Waals surface area contributed by atoms with Crippen LogP contribution in [-0.4, -0.2) is 52.6 Å². The number of aromatic amines is 1. The molecule has 9 heteroatoms. The van der Waals surface area contributed by atoms with Crippen LogP contribution in [0.5, 0.6) is 6.01 Å². The number of rotatable bonds is 5. The minimum Gasteiger partial charge on any atom is -0.463 e. The van der Waals surface area contributed by atoms with Crippen LogP contribution >= 0.6 is 0 Å². The lowest BCUT2D eigenvalue weighted by Crippen LogP contribution is -2.36. The van der Waals surface area contributed by atoms with Crippen LogP contribution in [0.3, 0.4) is 0 Å². The summed E-state index contributed by atoms with van der Waals surface area (Å²) >= 11 is 0. The minimum absolute atomic E-state index is 0.174. The molecule has 3 heterocycles. The molecule has 8 nitrogen and oxygen atoms in total. The van der Waals surface area contributed by atoms with E-state index in [4.69, 9.17) is 4.74 Å². The highest BCUT2D eigenvalue weighted by molar-refractivity contribution is 7.89. The smallest absolute Gasteiger partial charge is 0.316 e. The third-order valence-corrected chi connectivity index (χ3v) is 7.99. The van der Waals surface area contributed by atoms with Gasteiger partial charge in [-0.1, -0.05) is 6.42 Å². The van der Waals surface area contributed by atoms with Crippen molar-refractivity contribution >= 4 is 10.0 Å². The van der Waals surface area contributed by atoms with Gasteiger partial charge in [-0.15, -0.1) is 0 Å². The molecule has 146 valence electrons. The number of sulfonamides is 1. The van der Waals surface area contributed by atoms with E-state index in [2.05, 4.69) is 20.2 Å². The Morgan fingerprint density at radius 1 is 1.30 bits per heavy atom. The summed E-state index contributed by atoms with van der Waals surface area (Å²) in [5.41, 5.74) is 1.90. The average Bonchev–Trinajstić information content (AvgIpc) is 3.27. The fraction of sp³-hybridized carbons (Fsp3) is 0.611.